The molecule has 1 unspecified atom stereocenters. The van der Waals surface area contributed by atoms with Crippen LogP contribution in [0.2, 0.25) is 0 Å². The number of nitrogens with zero attached hydrogens (tertiary/aromatic N) is 3. The second kappa shape index (κ2) is 7.59. The number of thiazole rings is 1. The normalized spacial score (nSPS) is 18.7. The van der Waals surface area contributed by atoms with Crippen molar-refractivity contribution in [3.05, 3.63) is 39.9 Å². The van der Waals surface area contributed by atoms with Gasteiger partial charge in [0.05, 0.1) is 18.2 Å². The summed E-state index contributed by atoms with van der Waals surface area (Å²) in [6.45, 7) is 7.01. The molecule has 1 saturated heterocycles. The first kappa shape index (κ1) is 19.6. The summed E-state index contributed by atoms with van der Waals surface area (Å²) in [5, 5.41) is 3.29. The van der Waals surface area contributed by atoms with Gasteiger partial charge < -0.3 is 15.1 Å². The van der Waals surface area contributed by atoms with E-state index >= 15 is 0 Å². The second-order valence-corrected chi connectivity index (χ2v) is 8.84. The van der Waals surface area contributed by atoms with Crippen LogP contribution in [0.25, 0.3) is 0 Å². The second-order valence-electron chi connectivity index (χ2n) is 7.75. The van der Waals surface area contributed by atoms with E-state index in [1.807, 2.05) is 36.9 Å². The summed E-state index contributed by atoms with van der Waals surface area (Å²) in [4.78, 5) is 45.9. The van der Waals surface area contributed by atoms with E-state index in [1.54, 1.807) is 4.90 Å². The number of rotatable bonds is 3. The number of carbonyl (C=O) groups is 3. The first-order valence-electron chi connectivity index (χ1n) is 9.74. The maximum absolute atomic E-state index is 13.1. The molecule has 0 bridgehead atoms. The van der Waals surface area contributed by atoms with Crippen LogP contribution in [-0.4, -0.2) is 40.7 Å². The molecule has 2 aromatic rings. The zero-order valence-electron chi connectivity index (χ0n) is 16.8. The number of nitrogens with one attached hydrogen (secondary N) is 1. The highest BCUT2D eigenvalue weighted by molar-refractivity contribution is 7.15. The first-order chi connectivity index (χ1) is 13.8. The molecule has 0 radical (unpaired) electrons. The molecule has 1 N–H and O–H groups in total. The fourth-order valence-electron chi connectivity index (χ4n) is 3.86. The van der Waals surface area contributed by atoms with Gasteiger partial charge >= 0.3 is 0 Å². The summed E-state index contributed by atoms with van der Waals surface area (Å²) < 4.78 is 0. The summed E-state index contributed by atoms with van der Waals surface area (Å²) in [6.07, 6.45) is 0.910. The van der Waals surface area contributed by atoms with E-state index in [-0.39, 0.29) is 30.1 Å². The zero-order valence-corrected chi connectivity index (χ0v) is 17.6. The Hall–Kier alpha value is -2.74. The largest absolute Gasteiger partial charge is 0.337 e. The van der Waals surface area contributed by atoms with Crippen molar-refractivity contribution in [1.29, 1.82) is 0 Å². The molecule has 3 amide bonds. The molecule has 1 aromatic carbocycles. The smallest absolute Gasteiger partial charge is 0.228 e. The van der Waals surface area contributed by atoms with E-state index in [1.165, 1.54) is 23.8 Å². The van der Waals surface area contributed by atoms with E-state index in [0.29, 0.717) is 31.2 Å². The molecule has 7 nitrogen and oxygen atoms in total. The van der Waals surface area contributed by atoms with Crippen molar-refractivity contribution >= 4 is 39.9 Å². The van der Waals surface area contributed by atoms with Crippen molar-refractivity contribution in [2.45, 2.75) is 40.2 Å². The minimum absolute atomic E-state index is 0.00460. The lowest BCUT2D eigenvalue weighted by molar-refractivity contribution is -0.136. The Labute approximate surface area is 173 Å². The third kappa shape index (κ3) is 3.89. The molecule has 152 valence electrons. The molecule has 1 aromatic heterocycles. The Morgan fingerprint density at radius 2 is 2.03 bits per heavy atom. The van der Waals surface area contributed by atoms with Crippen molar-refractivity contribution < 1.29 is 14.4 Å². The number of fused-ring (bicyclic) bond motifs is 1. The van der Waals surface area contributed by atoms with Gasteiger partial charge in [-0.25, -0.2) is 4.98 Å². The molecule has 3 heterocycles. The van der Waals surface area contributed by atoms with Crippen LogP contribution in [0.15, 0.2) is 18.2 Å². The number of benzene rings is 1. The molecule has 4 rings (SSSR count). The van der Waals surface area contributed by atoms with Gasteiger partial charge in [-0.1, -0.05) is 17.4 Å². The number of amides is 3. The summed E-state index contributed by atoms with van der Waals surface area (Å²) in [6, 6.07) is 5.96. The molecule has 1 atom stereocenters. The maximum Gasteiger partial charge on any atom is 0.228 e. The molecule has 0 saturated carbocycles. The van der Waals surface area contributed by atoms with Crippen molar-refractivity contribution in [2.24, 2.45) is 5.92 Å². The zero-order chi connectivity index (χ0) is 20.7. The molecule has 2 aliphatic heterocycles. The monoisotopic (exact) mass is 412 g/mol. The predicted octanol–water partition coefficient (Wildman–Crippen LogP) is 2.66. The molecular formula is C21H24N4O3S. The predicted molar refractivity (Wildman–Crippen MR) is 112 cm³/mol. The highest BCUT2D eigenvalue weighted by atomic mass is 32.1. The molecule has 0 aliphatic carbocycles. The van der Waals surface area contributed by atoms with E-state index in [4.69, 9.17) is 0 Å². The van der Waals surface area contributed by atoms with Crippen LogP contribution < -0.4 is 10.2 Å². The Morgan fingerprint density at radius 3 is 2.76 bits per heavy atom. The lowest BCUT2D eigenvalue weighted by Crippen LogP contribution is -2.40. The van der Waals surface area contributed by atoms with E-state index in [9.17, 15) is 14.4 Å². The van der Waals surface area contributed by atoms with Gasteiger partial charge in [0.15, 0.2) is 5.13 Å². The Kier molecular flexibility index (Phi) is 5.12. The average Bonchev–Trinajstić information content (AvgIpc) is 3.25. The summed E-state index contributed by atoms with van der Waals surface area (Å²) in [5.41, 5.74) is 4.12. The number of hydrogen-bond donors (Lipinski definition) is 1. The van der Waals surface area contributed by atoms with Crippen LogP contribution in [0, 0.1) is 19.8 Å². The standard InChI is InChI=1S/C21H24N4O3S/c1-12-4-5-16(8-13(12)2)25-10-15(9-19(25)27)20(28)24-7-6-17-18(11-24)29-21(23-17)22-14(3)26/h4-5,8,15H,6-7,9-11H2,1-3H3,(H,22,23,26). The van der Waals surface area contributed by atoms with Gasteiger partial charge in [0.1, 0.15) is 0 Å². The third-order valence-electron chi connectivity index (χ3n) is 5.60. The minimum Gasteiger partial charge on any atom is -0.337 e. The first-order valence-corrected chi connectivity index (χ1v) is 10.6. The number of anilines is 2. The van der Waals surface area contributed by atoms with Crippen LogP contribution in [-0.2, 0) is 27.3 Å². The fourth-order valence-corrected chi connectivity index (χ4v) is 4.93. The molecule has 0 spiro atoms. The van der Waals surface area contributed by atoms with Gasteiger partial charge in [-0.05, 0) is 37.1 Å². The van der Waals surface area contributed by atoms with Crippen molar-refractivity contribution in [3.8, 4) is 0 Å². The minimum atomic E-state index is -0.326. The van der Waals surface area contributed by atoms with Gasteiger partial charge in [0, 0.05) is 43.4 Å². The molecule has 2 aliphatic rings. The summed E-state index contributed by atoms with van der Waals surface area (Å²) >= 11 is 1.41. The van der Waals surface area contributed by atoms with Crippen LogP contribution >= 0.6 is 11.3 Å². The SMILES string of the molecule is CC(=O)Nc1nc2c(s1)CN(C(=O)C1CC(=O)N(c3ccc(C)c(C)c3)C1)CC2. The van der Waals surface area contributed by atoms with Crippen molar-refractivity contribution in [2.75, 3.05) is 23.3 Å². The molecule has 1 fully saturated rings. The number of carbonyl (C=O) groups excluding carboxylic acids is 3. The molecular weight excluding hydrogens is 388 g/mol. The van der Waals surface area contributed by atoms with Gasteiger partial charge in [0.25, 0.3) is 0 Å². The van der Waals surface area contributed by atoms with Gasteiger partial charge in [-0.15, -0.1) is 0 Å². The van der Waals surface area contributed by atoms with E-state index in [2.05, 4.69) is 10.3 Å². The molecule has 8 heteroatoms. The maximum atomic E-state index is 13.1. The van der Waals surface area contributed by atoms with Crippen molar-refractivity contribution in [1.82, 2.24) is 9.88 Å². The van der Waals surface area contributed by atoms with Gasteiger partial charge in [-0.3, -0.25) is 14.4 Å². The topological polar surface area (TPSA) is 82.6 Å². The Bertz CT molecular complexity index is 1000. The summed E-state index contributed by atoms with van der Waals surface area (Å²) in [7, 11) is 0. The Morgan fingerprint density at radius 1 is 1.24 bits per heavy atom. The Balaban J connectivity index is 1.45. The van der Waals surface area contributed by atoms with Gasteiger partial charge in [0.2, 0.25) is 17.7 Å². The lowest BCUT2D eigenvalue weighted by atomic mass is 10.1. The van der Waals surface area contributed by atoms with Crippen LogP contribution in [0.1, 0.15) is 35.0 Å². The number of aryl methyl sites for hydroxylation is 2. The third-order valence-corrected chi connectivity index (χ3v) is 6.60. The number of hydrogen-bond acceptors (Lipinski definition) is 5. The average molecular weight is 413 g/mol. The van der Waals surface area contributed by atoms with E-state index in [0.717, 1.165) is 21.8 Å². The van der Waals surface area contributed by atoms with E-state index < -0.39 is 0 Å². The van der Waals surface area contributed by atoms with Crippen molar-refractivity contribution in [3.63, 3.8) is 0 Å². The summed E-state index contributed by atoms with van der Waals surface area (Å²) in [5.74, 6) is -0.465. The van der Waals surface area contributed by atoms with Crippen LogP contribution in [0.3, 0.4) is 0 Å². The van der Waals surface area contributed by atoms with Crippen LogP contribution in [0.5, 0.6) is 0 Å². The fraction of sp³-hybridized carbons (Fsp3) is 0.429. The van der Waals surface area contributed by atoms with Crippen LogP contribution in [0.4, 0.5) is 10.8 Å². The highest BCUT2D eigenvalue weighted by Crippen LogP contribution is 2.32. The highest BCUT2D eigenvalue weighted by Gasteiger charge is 2.38. The molecule has 29 heavy (non-hydrogen) atoms. The number of aromatic nitrogens is 1. The quantitative estimate of drug-likeness (QED) is 0.840. The van der Waals surface area contributed by atoms with Gasteiger partial charge in [-0.2, -0.15) is 0 Å². The lowest BCUT2D eigenvalue weighted by Gasteiger charge is -2.28.